The first kappa shape index (κ1) is 22.2. The summed E-state index contributed by atoms with van der Waals surface area (Å²) in [6.07, 6.45) is 1.96. The Morgan fingerprint density at radius 3 is 2.39 bits per heavy atom. The highest BCUT2D eigenvalue weighted by Gasteiger charge is 2.14. The van der Waals surface area contributed by atoms with Crippen molar-refractivity contribution in [3.8, 4) is 11.3 Å². The number of nitrogens with one attached hydrogen (secondary N) is 2. The zero-order valence-corrected chi connectivity index (χ0v) is 19.3. The van der Waals surface area contributed by atoms with Gasteiger partial charge in [0.2, 0.25) is 5.95 Å². The van der Waals surface area contributed by atoms with Crippen LogP contribution in [0.4, 0.5) is 23.3 Å². The minimum absolute atomic E-state index is 0.0966. The van der Waals surface area contributed by atoms with Gasteiger partial charge in [0, 0.05) is 30.9 Å². The molecule has 0 amide bonds. The van der Waals surface area contributed by atoms with Crippen LogP contribution in [-0.4, -0.2) is 32.4 Å². The van der Waals surface area contributed by atoms with E-state index in [1.165, 1.54) is 5.56 Å². The number of nitrogen functional groups attached to an aromatic ring is 1. The standard InChI is InChI=1S/C24H28N8O/c1-15-14-32-21(28-15)13-19(16-5-7-17(8-6-16)24(2,3)4)29-23(32)27-12-11-26-20-10-9-18(31-33)22(25)30-20/h5-10,13-14H,11-12H2,1-4H3,(H,27,29)(H3,25,26,30). The summed E-state index contributed by atoms with van der Waals surface area (Å²) in [4.78, 5) is 24.3. The van der Waals surface area contributed by atoms with Crippen molar-refractivity contribution in [3.05, 3.63) is 64.8 Å². The highest BCUT2D eigenvalue weighted by atomic mass is 16.3. The van der Waals surface area contributed by atoms with Gasteiger partial charge in [0.05, 0.1) is 11.4 Å². The van der Waals surface area contributed by atoms with Crippen LogP contribution < -0.4 is 16.4 Å². The van der Waals surface area contributed by atoms with E-state index in [1.54, 1.807) is 12.1 Å². The van der Waals surface area contributed by atoms with Gasteiger partial charge in [0.1, 0.15) is 17.2 Å². The summed E-state index contributed by atoms with van der Waals surface area (Å²) in [5.41, 5.74) is 10.9. The van der Waals surface area contributed by atoms with Crippen molar-refractivity contribution >= 4 is 28.9 Å². The van der Waals surface area contributed by atoms with Gasteiger partial charge < -0.3 is 16.4 Å². The number of nitrogens with two attached hydrogens (primary N) is 1. The van der Waals surface area contributed by atoms with Gasteiger partial charge in [-0.15, -0.1) is 4.91 Å². The van der Waals surface area contributed by atoms with E-state index in [2.05, 4.69) is 70.8 Å². The molecule has 9 nitrogen and oxygen atoms in total. The number of imidazole rings is 1. The Morgan fingerprint density at radius 2 is 1.73 bits per heavy atom. The Labute approximate surface area is 192 Å². The third-order valence-electron chi connectivity index (χ3n) is 5.34. The van der Waals surface area contributed by atoms with E-state index in [1.807, 2.05) is 23.6 Å². The number of fused-ring (bicyclic) bond motifs is 1. The van der Waals surface area contributed by atoms with E-state index in [0.717, 1.165) is 22.6 Å². The summed E-state index contributed by atoms with van der Waals surface area (Å²) >= 11 is 0. The van der Waals surface area contributed by atoms with E-state index in [-0.39, 0.29) is 16.9 Å². The number of benzene rings is 1. The number of hydrogen-bond donors (Lipinski definition) is 3. The summed E-state index contributed by atoms with van der Waals surface area (Å²) in [6.45, 7) is 9.72. The first-order valence-corrected chi connectivity index (χ1v) is 10.8. The van der Waals surface area contributed by atoms with Gasteiger partial charge in [0.15, 0.2) is 5.82 Å². The molecule has 0 saturated carbocycles. The fourth-order valence-electron chi connectivity index (χ4n) is 3.53. The fraction of sp³-hybridized carbons (Fsp3) is 0.292. The molecule has 0 fully saturated rings. The van der Waals surface area contributed by atoms with Gasteiger partial charge >= 0.3 is 0 Å². The van der Waals surface area contributed by atoms with E-state index in [4.69, 9.17) is 10.7 Å². The number of anilines is 3. The maximum atomic E-state index is 10.6. The zero-order chi connectivity index (χ0) is 23.6. The summed E-state index contributed by atoms with van der Waals surface area (Å²) in [7, 11) is 0. The van der Waals surface area contributed by atoms with Crippen LogP contribution >= 0.6 is 0 Å². The number of aromatic nitrogens is 4. The number of aryl methyl sites for hydroxylation is 1. The molecule has 0 aliphatic rings. The molecular weight excluding hydrogens is 416 g/mol. The average molecular weight is 445 g/mol. The normalized spacial score (nSPS) is 11.5. The third kappa shape index (κ3) is 4.92. The number of nitrogens with zero attached hydrogens (tertiary/aromatic N) is 5. The van der Waals surface area contributed by atoms with Gasteiger partial charge in [-0.1, -0.05) is 45.0 Å². The second-order valence-corrected chi connectivity index (χ2v) is 8.95. The van der Waals surface area contributed by atoms with Gasteiger partial charge in [-0.2, -0.15) is 0 Å². The number of rotatable bonds is 7. The molecule has 0 saturated heterocycles. The minimum atomic E-state index is 0.0966. The lowest BCUT2D eigenvalue weighted by atomic mass is 9.86. The molecule has 170 valence electrons. The maximum Gasteiger partial charge on any atom is 0.209 e. The predicted molar refractivity (Wildman–Crippen MR) is 133 cm³/mol. The van der Waals surface area contributed by atoms with Gasteiger partial charge in [-0.3, -0.25) is 4.40 Å². The summed E-state index contributed by atoms with van der Waals surface area (Å²) in [5.74, 6) is 1.38. The first-order valence-electron chi connectivity index (χ1n) is 10.8. The van der Waals surface area contributed by atoms with Crippen LogP contribution in [0, 0.1) is 11.8 Å². The van der Waals surface area contributed by atoms with Crippen LogP contribution in [0.5, 0.6) is 0 Å². The second-order valence-electron chi connectivity index (χ2n) is 8.95. The average Bonchev–Trinajstić information content (AvgIpc) is 3.16. The lowest BCUT2D eigenvalue weighted by Gasteiger charge is -2.19. The number of nitroso groups, excluding NO2 is 1. The lowest BCUT2D eigenvalue weighted by molar-refractivity contribution is 0.590. The minimum Gasteiger partial charge on any atom is -0.382 e. The zero-order valence-electron chi connectivity index (χ0n) is 19.3. The molecule has 0 bridgehead atoms. The number of hydrogen-bond acceptors (Lipinski definition) is 8. The SMILES string of the molecule is Cc1cn2c(NCCNc3ccc(N=O)c(N)n3)nc(-c3ccc(C(C)(C)C)cc3)cc2n1. The predicted octanol–water partition coefficient (Wildman–Crippen LogP) is 4.90. The van der Waals surface area contributed by atoms with Crippen molar-refractivity contribution < 1.29 is 0 Å². The molecule has 9 heteroatoms. The third-order valence-corrected chi connectivity index (χ3v) is 5.34. The molecule has 0 unspecified atom stereocenters. The first-order chi connectivity index (χ1) is 15.7. The molecule has 4 aromatic rings. The van der Waals surface area contributed by atoms with Crippen LogP contribution in [0.2, 0.25) is 0 Å². The van der Waals surface area contributed by atoms with Crippen molar-refractivity contribution in [2.24, 2.45) is 5.18 Å². The fourth-order valence-corrected chi connectivity index (χ4v) is 3.53. The Hall–Kier alpha value is -4.01. The molecule has 1 aromatic carbocycles. The van der Waals surface area contributed by atoms with Gasteiger partial charge in [0.25, 0.3) is 0 Å². The molecule has 0 radical (unpaired) electrons. The molecule has 3 aromatic heterocycles. The van der Waals surface area contributed by atoms with Crippen LogP contribution in [0.1, 0.15) is 32.0 Å². The van der Waals surface area contributed by atoms with E-state index >= 15 is 0 Å². The van der Waals surface area contributed by atoms with E-state index < -0.39 is 0 Å². The highest BCUT2D eigenvalue weighted by Crippen LogP contribution is 2.27. The second kappa shape index (κ2) is 8.85. The van der Waals surface area contributed by atoms with E-state index in [9.17, 15) is 4.91 Å². The maximum absolute atomic E-state index is 10.6. The van der Waals surface area contributed by atoms with Crippen molar-refractivity contribution in [3.63, 3.8) is 0 Å². The van der Waals surface area contributed by atoms with E-state index in [0.29, 0.717) is 24.9 Å². The van der Waals surface area contributed by atoms with Crippen molar-refractivity contribution in [1.82, 2.24) is 19.4 Å². The highest BCUT2D eigenvalue weighted by molar-refractivity contribution is 5.67. The Bertz CT molecular complexity index is 1290. The molecular formula is C24H28N8O. The molecule has 33 heavy (non-hydrogen) atoms. The molecule has 4 N–H and O–H groups in total. The molecule has 4 rings (SSSR count). The van der Waals surface area contributed by atoms with Crippen LogP contribution in [0.15, 0.2) is 53.8 Å². The smallest absolute Gasteiger partial charge is 0.209 e. The molecule has 0 aliphatic heterocycles. The summed E-state index contributed by atoms with van der Waals surface area (Å²) in [6, 6.07) is 13.7. The largest absolute Gasteiger partial charge is 0.382 e. The molecule has 0 spiro atoms. The molecule has 0 aliphatic carbocycles. The Balaban J connectivity index is 1.52. The Morgan fingerprint density at radius 1 is 1.00 bits per heavy atom. The number of pyridine rings is 1. The Kier molecular flexibility index (Phi) is 5.95. The van der Waals surface area contributed by atoms with Crippen molar-refractivity contribution in [1.29, 1.82) is 0 Å². The summed E-state index contributed by atoms with van der Waals surface area (Å²) in [5, 5.41) is 9.39. The van der Waals surface area contributed by atoms with Crippen molar-refractivity contribution in [2.45, 2.75) is 33.1 Å². The quantitative estimate of drug-likeness (QED) is 0.274. The summed E-state index contributed by atoms with van der Waals surface area (Å²) < 4.78 is 1.95. The molecule has 3 heterocycles. The van der Waals surface area contributed by atoms with Crippen molar-refractivity contribution in [2.75, 3.05) is 29.5 Å². The van der Waals surface area contributed by atoms with Crippen LogP contribution in [-0.2, 0) is 5.41 Å². The van der Waals surface area contributed by atoms with Crippen LogP contribution in [0.3, 0.4) is 0 Å². The van der Waals surface area contributed by atoms with Gasteiger partial charge in [-0.25, -0.2) is 15.0 Å². The topological polar surface area (TPSA) is 123 Å². The lowest BCUT2D eigenvalue weighted by Crippen LogP contribution is -2.17. The molecule has 0 atom stereocenters. The van der Waals surface area contributed by atoms with Crippen LogP contribution in [0.25, 0.3) is 16.9 Å². The monoisotopic (exact) mass is 444 g/mol. The van der Waals surface area contributed by atoms with Gasteiger partial charge in [-0.05, 0) is 35.2 Å².